The van der Waals surface area contributed by atoms with Gasteiger partial charge in [0.2, 0.25) is 10.0 Å². The minimum atomic E-state index is -4.44. The van der Waals surface area contributed by atoms with Gasteiger partial charge in [0.25, 0.3) is 0 Å². The van der Waals surface area contributed by atoms with E-state index in [0.29, 0.717) is 36.8 Å². The first kappa shape index (κ1) is 21.9. The lowest BCUT2D eigenvalue weighted by atomic mass is 9.83. The Bertz CT molecular complexity index is 1250. The Hall–Kier alpha value is -2.91. The van der Waals surface area contributed by atoms with E-state index in [1.807, 2.05) is 41.3 Å². The Morgan fingerprint density at radius 2 is 1.64 bits per heavy atom. The number of sulfonamides is 1. The largest absolute Gasteiger partial charge is 0.417 e. The number of alkyl halides is 3. The van der Waals surface area contributed by atoms with Crippen LogP contribution in [0.5, 0.6) is 0 Å². The summed E-state index contributed by atoms with van der Waals surface area (Å²) in [6.07, 6.45) is -2.91. The average molecular weight is 474 g/mol. The van der Waals surface area contributed by atoms with Gasteiger partial charge >= 0.3 is 6.18 Å². The van der Waals surface area contributed by atoms with Crippen LogP contribution in [0.4, 0.5) is 19.0 Å². The molecule has 0 saturated carbocycles. The molecule has 5 nitrogen and oxygen atoms in total. The maximum Gasteiger partial charge on any atom is 0.417 e. The summed E-state index contributed by atoms with van der Waals surface area (Å²) in [4.78, 5) is 6.15. The minimum Gasteiger partial charge on any atom is -0.352 e. The monoisotopic (exact) mass is 473 g/mol. The number of piperidine rings is 1. The van der Waals surface area contributed by atoms with Gasteiger partial charge in [0.15, 0.2) is 0 Å². The van der Waals surface area contributed by atoms with E-state index < -0.39 is 21.8 Å². The van der Waals surface area contributed by atoms with Crippen LogP contribution in [0, 0.1) is 5.92 Å². The van der Waals surface area contributed by atoms with E-state index in [2.05, 4.69) is 4.98 Å². The number of halogens is 3. The van der Waals surface area contributed by atoms with Gasteiger partial charge in [-0.05, 0) is 36.1 Å². The highest BCUT2D eigenvalue weighted by Crippen LogP contribution is 2.39. The molecular formula is C24H22F3N3O2S. The molecule has 0 radical (unpaired) electrons. The minimum absolute atomic E-state index is 0.110. The smallest absolute Gasteiger partial charge is 0.352 e. The van der Waals surface area contributed by atoms with Crippen LogP contribution in [0.15, 0.2) is 77.8 Å². The van der Waals surface area contributed by atoms with E-state index in [1.165, 1.54) is 10.4 Å². The molecule has 2 atom stereocenters. The number of hydrogen-bond acceptors (Lipinski definition) is 4. The van der Waals surface area contributed by atoms with Crippen molar-refractivity contribution in [3.63, 3.8) is 0 Å². The van der Waals surface area contributed by atoms with Crippen LogP contribution >= 0.6 is 0 Å². The average Bonchev–Trinajstić information content (AvgIpc) is 2.80. The van der Waals surface area contributed by atoms with Gasteiger partial charge < -0.3 is 4.90 Å². The predicted octanol–water partition coefficient (Wildman–Crippen LogP) is 4.67. The van der Waals surface area contributed by atoms with Crippen molar-refractivity contribution in [1.82, 2.24) is 9.29 Å². The van der Waals surface area contributed by atoms with Crippen LogP contribution < -0.4 is 4.90 Å². The summed E-state index contributed by atoms with van der Waals surface area (Å²) in [7, 11) is -3.76. The third kappa shape index (κ3) is 4.00. The van der Waals surface area contributed by atoms with Gasteiger partial charge in [-0.2, -0.15) is 17.5 Å². The maximum absolute atomic E-state index is 13.6. The van der Waals surface area contributed by atoms with E-state index in [0.717, 1.165) is 17.8 Å². The molecule has 0 amide bonds. The second-order valence-electron chi connectivity index (χ2n) is 8.40. The molecule has 2 saturated heterocycles. The molecule has 2 fully saturated rings. The molecule has 3 aromatic rings. The van der Waals surface area contributed by atoms with Crippen LogP contribution in [0.3, 0.4) is 0 Å². The van der Waals surface area contributed by atoms with Crippen molar-refractivity contribution in [2.75, 3.05) is 24.5 Å². The second kappa shape index (κ2) is 8.14. The van der Waals surface area contributed by atoms with Crippen molar-refractivity contribution in [2.24, 2.45) is 5.92 Å². The summed E-state index contributed by atoms with van der Waals surface area (Å²) in [6.45, 7) is 1.36. The standard InChI is InChI=1S/C24H22F3N3O2S/c25-24(26,27)19-10-11-23(28-14-19)30-15-18-12-13-29(16-21(18)30)33(31,32)22-9-5-4-8-20(22)17-6-2-1-3-7-17/h1-11,14,18,21H,12-13,15-16H2/t18?,21-/m0/s1. The molecule has 0 bridgehead atoms. The van der Waals surface area contributed by atoms with Crippen molar-refractivity contribution in [3.05, 3.63) is 78.5 Å². The first-order valence-corrected chi connectivity index (χ1v) is 12.1. The van der Waals surface area contributed by atoms with E-state index in [-0.39, 0.29) is 17.5 Å². The van der Waals surface area contributed by atoms with Crippen molar-refractivity contribution >= 4 is 15.8 Å². The van der Waals surface area contributed by atoms with Gasteiger partial charge in [0.1, 0.15) is 5.82 Å². The molecule has 2 aromatic carbocycles. The lowest BCUT2D eigenvalue weighted by molar-refractivity contribution is -0.137. The Morgan fingerprint density at radius 1 is 0.909 bits per heavy atom. The summed E-state index contributed by atoms with van der Waals surface area (Å²) in [6, 6.07) is 18.6. The van der Waals surface area contributed by atoms with Gasteiger partial charge in [-0.3, -0.25) is 0 Å². The van der Waals surface area contributed by atoms with Crippen molar-refractivity contribution in [1.29, 1.82) is 0 Å². The quantitative estimate of drug-likeness (QED) is 0.553. The van der Waals surface area contributed by atoms with Crippen molar-refractivity contribution < 1.29 is 21.6 Å². The first-order chi connectivity index (χ1) is 15.7. The fourth-order valence-electron chi connectivity index (χ4n) is 4.66. The number of benzene rings is 2. The van der Waals surface area contributed by atoms with Gasteiger partial charge in [0.05, 0.1) is 10.5 Å². The van der Waals surface area contributed by atoms with E-state index in [1.54, 1.807) is 18.2 Å². The lowest BCUT2D eigenvalue weighted by Gasteiger charge is -2.53. The highest BCUT2D eigenvalue weighted by Gasteiger charge is 2.46. The summed E-state index contributed by atoms with van der Waals surface area (Å²) in [5, 5.41) is 0. The fraction of sp³-hybridized carbons (Fsp3) is 0.292. The van der Waals surface area contributed by atoms with Crippen molar-refractivity contribution in [3.8, 4) is 11.1 Å². The predicted molar refractivity (Wildman–Crippen MR) is 119 cm³/mol. The zero-order chi connectivity index (χ0) is 23.2. The SMILES string of the molecule is O=S(=O)(c1ccccc1-c1ccccc1)N1CCC2CN(c3ccc(C(F)(F)F)cn3)[C@H]2C1. The molecule has 9 heteroatoms. The van der Waals surface area contributed by atoms with Gasteiger partial charge in [-0.1, -0.05) is 48.5 Å². The highest BCUT2D eigenvalue weighted by molar-refractivity contribution is 7.89. The number of fused-ring (bicyclic) bond motifs is 1. The van der Waals surface area contributed by atoms with Crippen LogP contribution in [0.1, 0.15) is 12.0 Å². The number of hydrogen-bond donors (Lipinski definition) is 0. The first-order valence-electron chi connectivity index (χ1n) is 10.7. The van der Waals surface area contributed by atoms with Crippen molar-refractivity contribution in [2.45, 2.75) is 23.5 Å². The summed E-state index contributed by atoms with van der Waals surface area (Å²) in [5.74, 6) is 0.734. The Morgan fingerprint density at radius 3 is 2.33 bits per heavy atom. The zero-order valence-electron chi connectivity index (χ0n) is 17.6. The molecule has 0 N–H and O–H groups in total. The fourth-order valence-corrected chi connectivity index (χ4v) is 6.35. The van der Waals surface area contributed by atoms with E-state index >= 15 is 0 Å². The molecule has 1 aromatic heterocycles. The number of pyridine rings is 1. The highest BCUT2D eigenvalue weighted by atomic mass is 32.2. The molecule has 1 unspecified atom stereocenters. The maximum atomic E-state index is 13.6. The van der Waals surface area contributed by atoms with Crippen LogP contribution in [0.2, 0.25) is 0 Å². The molecule has 3 heterocycles. The number of nitrogens with zero attached hydrogens (tertiary/aromatic N) is 3. The topological polar surface area (TPSA) is 53.5 Å². The number of aromatic nitrogens is 1. The third-order valence-corrected chi connectivity index (χ3v) is 8.40. The van der Waals surface area contributed by atoms with Gasteiger partial charge in [0, 0.05) is 37.4 Å². The molecule has 2 aliphatic heterocycles. The molecule has 0 spiro atoms. The Kier molecular flexibility index (Phi) is 5.41. The normalized spacial score (nSPS) is 21.4. The summed E-state index contributed by atoms with van der Waals surface area (Å²) >= 11 is 0. The van der Waals surface area contributed by atoms with Gasteiger partial charge in [-0.25, -0.2) is 13.4 Å². The number of anilines is 1. The van der Waals surface area contributed by atoms with E-state index in [4.69, 9.17) is 0 Å². The Balaban J connectivity index is 1.39. The van der Waals surface area contributed by atoms with Crippen LogP contribution in [-0.2, 0) is 16.2 Å². The molecular weight excluding hydrogens is 451 g/mol. The molecule has 0 aliphatic carbocycles. The summed E-state index contributed by atoms with van der Waals surface area (Å²) < 4.78 is 67.3. The number of rotatable bonds is 4. The molecule has 5 rings (SSSR count). The van der Waals surface area contributed by atoms with Gasteiger partial charge in [-0.15, -0.1) is 0 Å². The zero-order valence-corrected chi connectivity index (χ0v) is 18.4. The molecule has 2 aliphatic rings. The lowest BCUT2D eigenvalue weighted by Crippen LogP contribution is -2.65. The third-order valence-electron chi connectivity index (χ3n) is 6.47. The molecule has 33 heavy (non-hydrogen) atoms. The Labute approximate surface area is 190 Å². The van der Waals surface area contributed by atoms with Crippen LogP contribution in [0.25, 0.3) is 11.1 Å². The summed E-state index contributed by atoms with van der Waals surface area (Å²) in [5.41, 5.74) is 0.676. The second-order valence-corrected chi connectivity index (χ2v) is 10.3. The molecule has 172 valence electrons. The van der Waals surface area contributed by atoms with Crippen LogP contribution in [-0.4, -0.2) is 43.4 Å². The van der Waals surface area contributed by atoms with E-state index in [9.17, 15) is 21.6 Å².